The van der Waals surface area contributed by atoms with Crippen LogP contribution in [-0.4, -0.2) is 27.7 Å². The van der Waals surface area contributed by atoms with Crippen molar-refractivity contribution in [3.8, 4) is 0 Å². The molecule has 1 aliphatic carbocycles. The zero-order chi connectivity index (χ0) is 13.1. The lowest BCUT2D eigenvalue weighted by atomic mass is 9.87. The van der Waals surface area contributed by atoms with Crippen molar-refractivity contribution in [1.82, 2.24) is 9.97 Å². The number of aliphatic hydroxyl groups is 1. The number of halogens is 1. The predicted molar refractivity (Wildman–Crippen MR) is 73.0 cm³/mol. The van der Waals surface area contributed by atoms with Gasteiger partial charge in [-0.05, 0) is 45.4 Å². The maximum absolute atomic E-state index is 9.46. The third kappa shape index (κ3) is 3.33. The van der Waals surface area contributed by atoms with E-state index >= 15 is 0 Å². The van der Waals surface area contributed by atoms with Crippen molar-refractivity contribution in [1.29, 1.82) is 0 Å². The molecular formula is C13H20ClN3O. The van der Waals surface area contributed by atoms with E-state index in [1.807, 2.05) is 13.8 Å². The van der Waals surface area contributed by atoms with Gasteiger partial charge in [-0.25, -0.2) is 9.97 Å². The summed E-state index contributed by atoms with van der Waals surface area (Å²) in [4.78, 5) is 8.67. The molecule has 1 heterocycles. The van der Waals surface area contributed by atoms with Crippen LogP contribution in [0.4, 0.5) is 5.82 Å². The van der Waals surface area contributed by atoms with E-state index < -0.39 is 0 Å². The van der Waals surface area contributed by atoms with E-state index in [9.17, 15) is 5.11 Å². The van der Waals surface area contributed by atoms with Gasteiger partial charge in [0.25, 0.3) is 0 Å². The summed E-state index contributed by atoms with van der Waals surface area (Å²) < 4.78 is 0. The Kier molecular flexibility index (Phi) is 4.40. The number of aliphatic hydroxyl groups excluding tert-OH is 1. The first-order valence-corrected chi connectivity index (χ1v) is 6.86. The molecule has 1 saturated carbocycles. The van der Waals surface area contributed by atoms with Gasteiger partial charge in [0.15, 0.2) is 11.0 Å². The summed E-state index contributed by atoms with van der Waals surface area (Å²) in [7, 11) is 0. The number of aryl methyl sites for hydroxylation is 2. The molecule has 0 bridgehead atoms. The summed E-state index contributed by atoms with van der Waals surface area (Å²) in [5.74, 6) is 1.26. The molecule has 0 aliphatic heterocycles. The van der Waals surface area contributed by atoms with E-state index in [1.165, 1.54) is 0 Å². The standard InChI is InChI=1S/C13H20ClN3O/c1-8-9(2)17-13(12(14)16-8)15-7-10-3-5-11(18)6-4-10/h10-11,18H,3-7H2,1-2H3,(H,15,17). The maximum atomic E-state index is 9.46. The highest BCUT2D eigenvalue weighted by atomic mass is 35.5. The monoisotopic (exact) mass is 269 g/mol. The number of aromatic nitrogens is 2. The Labute approximate surface area is 113 Å². The molecule has 1 aliphatic rings. The molecule has 0 radical (unpaired) electrons. The van der Waals surface area contributed by atoms with Gasteiger partial charge >= 0.3 is 0 Å². The molecule has 2 N–H and O–H groups in total. The summed E-state index contributed by atoms with van der Waals surface area (Å²) >= 11 is 6.07. The van der Waals surface area contributed by atoms with Gasteiger partial charge in [-0.15, -0.1) is 0 Å². The minimum atomic E-state index is -0.105. The molecular weight excluding hydrogens is 250 g/mol. The molecule has 0 saturated heterocycles. The lowest BCUT2D eigenvalue weighted by Gasteiger charge is -2.25. The molecule has 0 aromatic carbocycles. The Morgan fingerprint density at radius 1 is 1.17 bits per heavy atom. The van der Waals surface area contributed by atoms with Gasteiger partial charge in [-0.3, -0.25) is 0 Å². The van der Waals surface area contributed by atoms with Crippen LogP contribution in [0.2, 0.25) is 5.15 Å². The van der Waals surface area contributed by atoms with Gasteiger partial charge in [-0.1, -0.05) is 11.6 Å². The minimum absolute atomic E-state index is 0.105. The maximum Gasteiger partial charge on any atom is 0.171 e. The smallest absolute Gasteiger partial charge is 0.171 e. The van der Waals surface area contributed by atoms with Gasteiger partial charge < -0.3 is 10.4 Å². The molecule has 4 nitrogen and oxygen atoms in total. The molecule has 2 rings (SSSR count). The Morgan fingerprint density at radius 3 is 2.44 bits per heavy atom. The highest BCUT2D eigenvalue weighted by Crippen LogP contribution is 2.25. The fraction of sp³-hybridized carbons (Fsp3) is 0.692. The van der Waals surface area contributed by atoms with E-state index in [2.05, 4.69) is 15.3 Å². The van der Waals surface area contributed by atoms with E-state index in [0.717, 1.165) is 43.6 Å². The van der Waals surface area contributed by atoms with Crippen LogP contribution in [0.1, 0.15) is 37.1 Å². The average molecular weight is 270 g/mol. The topological polar surface area (TPSA) is 58.0 Å². The van der Waals surface area contributed by atoms with Crippen molar-refractivity contribution in [3.63, 3.8) is 0 Å². The molecule has 0 atom stereocenters. The van der Waals surface area contributed by atoms with Crippen LogP contribution in [0.3, 0.4) is 0 Å². The Balaban J connectivity index is 1.92. The molecule has 0 amide bonds. The fourth-order valence-corrected chi connectivity index (χ4v) is 2.51. The number of nitrogens with zero attached hydrogens (tertiary/aromatic N) is 2. The van der Waals surface area contributed by atoms with E-state index in [1.54, 1.807) is 0 Å². The zero-order valence-corrected chi connectivity index (χ0v) is 11.7. The number of hydrogen-bond donors (Lipinski definition) is 2. The van der Waals surface area contributed by atoms with Gasteiger partial charge in [0.1, 0.15) is 0 Å². The summed E-state index contributed by atoms with van der Waals surface area (Å²) in [6.07, 6.45) is 3.82. The Bertz CT molecular complexity index is 417. The number of rotatable bonds is 3. The van der Waals surface area contributed by atoms with Crippen molar-refractivity contribution in [3.05, 3.63) is 16.5 Å². The van der Waals surface area contributed by atoms with Crippen LogP contribution in [0.5, 0.6) is 0 Å². The molecule has 18 heavy (non-hydrogen) atoms. The van der Waals surface area contributed by atoms with E-state index in [-0.39, 0.29) is 6.10 Å². The van der Waals surface area contributed by atoms with Crippen molar-refractivity contribution < 1.29 is 5.11 Å². The number of nitrogens with one attached hydrogen (secondary N) is 1. The molecule has 1 aromatic rings. The van der Waals surface area contributed by atoms with Gasteiger partial charge in [0.2, 0.25) is 0 Å². The van der Waals surface area contributed by atoms with Gasteiger partial charge in [-0.2, -0.15) is 0 Å². The number of hydrogen-bond acceptors (Lipinski definition) is 4. The largest absolute Gasteiger partial charge is 0.393 e. The third-order valence-corrected chi connectivity index (χ3v) is 3.90. The Morgan fingerprint density at radius 2 is 1.78 bits per heavy atom. The quantitative estimate of drug-likeness (QED) is 0.886. The van der Waals surface area contributed by atoms with Gasteiger partial charge in [0.05, 0.1) is 17.5 Å². The summed E-state index contributed by atoms with van der Waals surface area (Å²) in [6, 6.07) is 0. The molecule has 5 heteroatoms. The van der Waals surface area contributed by atoms with Crippen LogP contribution in [0, 0.1) is 19.8 Å². The minimum Gasteiger partial charge on any atom is -0.393 e. The third-order valence-electron chi connectivity index (χ3n) is 3.64. The second kappa shape index (κ2) is 5.85. The van der Waals surface area contributed by atoms with E-state index in [4.69, 9.17) is 11.6 Å². The lowest BCUT2D eigenvalue weighted by Crippen LogP contribution is -2.24. The van der Waals surface area contributed by atoms with Crippen molar-refractivity contribution in [2.45, 2.75) is 45.6 Å². The van der Waals surface area contributed by atoms with Crippen molar-refractivity contribution in [2.24, 2.45) is 5.92 Å². The highest BCUT2D eigenvalue weighted by Gasteiger charge is 2.19. The van der Waals surface area contributed by atoms with Crippen molar-refractivity contribution >= 4 is 17.4 Å². The van der Waals surface area contributed by atoms with Crippen molar-refractivity contribution in [2.75, 3.05) is 11.9 Å². The lowest BCUT2D eigenvalue weighted by molar-refractivity contribution is 0.111. The SMILES string of the molecule is Cc1nc(Cl)c(NCC2CCC(O)CC2)nc1C. The summed E-state index contributed by atoms with van der Waals surface area (Å²) in [5, 5.41) is 13.2. The van der Waals surface area contributed by atoms with Crippen LogP contribution >= 0.6 is 11.6 Å². The predicted octanol–water partition coefficient (Wildman–Crippen LogP) is 2.71. The Hall–Kier alpha value is -0.870. The first kappa shape index (κ1) is 13.6. The van der Waals surface area contributed by atoms with E-state index in [0.29, 0.717) is 16.9 Å². The summed E-state index contributed by atoms with van der Waals surface area (Å²) in [6.45, 7) is 4.69. The first-order chi connectivity index (χ1) is 8.56. The van der Waals surface area contributed by atoms with Crippen LogP contribution < -0.4 is 5.32 Å². The van der Waals surface area contributed by atoms with Crippen LogP contribution in [0.25, 0.3) is 0 Å². The van der Waals surface area contributed by atoms with Crippen LogP contribution in [-0.2, 0) is 0 Å². The normalized spacial score (nSPS) is 24.0. The second-order valence-corrected chi connectivity index (χ2v) is 5.45. The van der Waals surface area contributed by atoms with Crippen LogP contribution in [0.15, 0.2) is 0 Å². The molecule has 100 valence electrons. The zero-order valence-electron chi connectivity index (χ0n) is 10.9. The molecule has 0 spiro atoms. The van der Waals surface area contributed by atoms with Gasteiger partial charge in [0, 0.05) is 6.54 Å². The molecule has 1 aromatic heterocycles. The highest BCUT2D eigenvalue weighted by molar-refractivity contribution is 6.31. The molecule has 0 unspecified atom stereocenters. The average Bonchev–Trinajstić information content (AvgIpc) is 2.34. The fourth-order valence-electron chi connectivity index (χ4n) is 2.28. The molecule has 1 fully saturated rings. The summed E-state index contributed by atoms with van der Waals surface area (Å²) in [5.41, 5.74) is 1.77. The number of anilines is 1. The first-order valence-electron chi connectivity index (χ1n) is 6.49. The second-order valence-electron chi connectivity index (χ2n) is 5.09.